The van der Waals surface area contributed by atoms with Crippen LogP contribution in [0.2, 0.25) is 5.02 Å². The summed E-state index contributed by atoms with van der Waals surface area (Å²) in [6, 6.07) is 20.0. The molecule has 0 atom stereocenters. The van der Waals surface area contributed by atoms with Gasteiger partial charge in [0.25, 0.3) is 11.6 Å². The molecule has 146 valence electrons. The lowest BCUT2D eigenvalue weighted by atomic mass is 10.2. The van der Waals surface area contributed by atoms with Crippen molar-refractivity contribution in [2.24, 2.45) is 5.10 Å². The Kier molecular flexibility index (Phi) is 6.55. The average molecular weight is 410 g/mol. The molecule has 0 radical (unpaired) electrons. The van der Waals surface area contributed by atoms with Gasteiger partial charge in [-0.3, -0.25) is 14.9 Å². The number of amides is 1. The molecule has 1 amide bonds. The molecule has 7 nitrogen and oxygen atoms in total. The molecule has 0 aromatic heterocycles. The Morgan fingerprint density at radius 1 is 1.07 bits per heavy atom. The van der Waals surface area contributed by atoms with Crippen LogP contribution >= 0.6 is 11.6 Å². The summed E-state index contributed by atoms with van der Waals surface area (Å²) in [6.45, 7) is 0.265. The van der Waals surface area contributed by atoms with Crippen LogP contribution in [0.5, 0.6) is 5.75 Å². The molecule has 0 saturated heterocycles. The Balaban J connectivity index is 1.68. The molecule has 0 heterocycles. The summed E-state index contributed by atoms with van der Waals surface area (Å²) in [5, 5.41) is 15.5. The van der Waals surface area contributed by atoms with Crippen molar-refractivity contribution in [3.8, 4) is 5.75 Å². The highest BCUT2D eigenvalue weighted by molar-refractivity contribution is 6.30. The van der Waals surface area contributed by atoms with Gasteiger partial charge in [0.05, 0.1) is 22.3 Å². The lowest BCUT2D eigenvalue weighted by Gasteiger charge is -2.10. The van der Waals surface area contributed by atoms with Gasteiger partial charge in [-0.1, -0.05) is 48.0 Å². The van der Waals surface area contributed by atoms with Crippen molar-refractivity contribution in [2.45, 2.75) is 6.61 Å². The smallest absolute Gasteiger partial charge is 0.278 e. The first-order chi connectivity index (χ1) is 14.0. The first-order valence-corrected chi connectivity index (χ1v) is 8.95. The first-order valence-electron chi connectivity index (χ1n) is 8.57. The third kappa shape index (κ3) is 5.40. The Morgan fingerprint density at radius 3 is 2.52 bits per heavy atom. The Morgan fingerprint density at radius 2 is 1.76 bits per heavy atom. The van der Waals surface area contributed by atoms with E-state index >= 15 is 0 Å². The number of nitro groups is 1. The fraction of sp³-hybridized carbons (Fsp3) is 0.0476. The number of nitrogens with zero attached hydrogens (tertiary/aromatic N) is 2. The van der Waals surface area contributed by atoms with E-state index in [1.807, 2.05) is 12.1 Å². The van der Waals surface area contributed by atoms with Crippen LogP contribution in [0.4, 0.5) is 5.69 Å². The van der Waals surface area contributed by atoms with Crippen LogP contribution in [-0.2, 0) is 6.61 Å². The quantitative estimate of drug-likeness (QED) is 0.351. The zero-order valence-electron chi connectivity index (χ0n) is 15.1. The third-order valence-electron chi connectivity index (χ3n) is 3.94. The number of halogens is 1. The summed E-state index contributed by atoms with van der Waals surface area (Å²) in [5.41, 5.74) is 3.75. The minimum Gasteiger partial charge on any atom is -0.488 e. The second-order valence-electron chi connectivity index (χ2n) is 5.93. The molecular weight excluding hydrogens is 394 g/mol. The molecule has 8 heteroatoms. The predicted molar refractivity (Wildman–Crippen MR) is 110 cm³/mol. The summed E-state index contributed by atoms with van der Waals surface area (Å²) in [6.07, 6.45) is 1.23. The second-order valence-corrected chi connectivity index (χ2v) is 6.36. The first kappa shape index (κ1) is 20.0. The van der Waals surface area contributed by atoms with E-state index in [0.29, 0.717) is 16.3 Å². The van der Waals surface area contributed by atoms with Crippen molar-refractivity contribution in [3.05, 3.63) is 105 Å². The van der Waals surface area contributed by atoms with Crippen LogP contribution in [0.25, 0.3) is 0 Å². The van der Waals surface area contributed by atoms with Gasteiger partial charge in [0, 0.05) is 11.1 Å². The molecule has 29 heavy (non-hydrogen) atoms. The molecule has 3 aromatic carbocycles. The number of nitro benzene ring substituents is 1. The summed E-state index contributed by atoms with van der Waals surface area (Å²) >= 11 is 5.87. The summed E-state index contributed by atoms with van der Waals surface area (Å²) < 4.78 is 5.75. The lowest BCUT2D eigenvalue weighted by Crippen LogP contribution is -2.18. The molecule has 0 fully saturated rings. The average Bonchev–Trinajstić information content (AvgIpc) is 2.73. The van der Waals surface area contributed by atoms with E-state index in [0.717, 1.165) is 5.56 Å². The zero-order chi connectivity index (χ0) is 20.6. The minimum atomic E-state index is -0.511. The Hall–Kier alpha value is -3.71. The van der Waals surface area contributed by atoms with E-state index in [9.17, 15) is 14.9 Å². The number of hydrazone groups is 1. The van der Waals surface area contributed by atoms with Gasteiger partial charge >= 0.3 is 0 Å². The molecule has 0 saturated carbocycles. The van der Waals surface area contributed by atoms with Crippen LogP contribution in [0.1, 0.15) is 21.5 Å². The second kappa shape index (κ2) is 9.48. The van der Waals surface area contributed by atoms with Crippen LogP contribution in [0.3, 0.4) is 0 Å². The van der Waals surface area contributed by atoms with Gasteiger partial charge in [0.2, 0.25) is 0 Å². The van der Waals surface area contributed by atoms with Crippen LogP contribution in [0, 0.1) is 10.1 Å². The fourth-order valence-corrected chi connectivity index (χ4v) is 2.63. The summed E-state index contributed by atoms with van der Waals surface area (Å²) in [5.74, 6) is -0.104. The monoisotopic (exact) mass is 409 g/mol. The van der Waals surface area contributed by atoms with Gasteiger partial charge < -0.3 is 4.74 Å². The molecular formula is C21H16ClN3O4. The number of rotatable bonds is 7. The molecule has 0 unspecified atom stereocenters. The maximum absolute atomic E-state index is 12.5. The molecule has 0 aliphatic heterocycles. The highest BCUT2D eigenvalue weighted by Crippen LogP contribution is 2.20. The Bertz CT molecular complexity index is 1050. The van der Waals surface area contributed by atoms with Crippen LogP contribution < -0.4 is 10.2 Å². The number of hydrogen-bond donors (Lipinski definition) is 1. The molecule has 3 rings (SSSR count). The van der Waals surface area contributed by atoms with Gasteiger partial charge in [-0.05, 0) is 35.9 Å². The van der Waals surface area contributed by atoms with E-state index in [2.05, 4.69) is 10.5 Å². The van der Waals surface area contributed by atoms with E-state index < -0.39 is 10.8 Å². The van der Waals surface area contributed by atoms with E-state index in [-0.39, 0.29) is 17.9 Å². The molecule has 0 aliphatic carbocycles. The summed E-state index contributed by atoms with van der Waals surface area (Å²) in [4.78, 5) is 23.0. The standard InChI is InChI=1S/C21H16ClN3O4/c22-17-11-9-15(10-12-17)14-29-20-8-4-2-6-18(20)21(26)24-23-13-16-5-1-3-7-19(16)25(27)28/h1-13H,14H2,(H,24,26)/b23-13-. The van der Waals surface area contributed by atoms with Crippen molar-refractivity contribution < 1.29 is 14.5 Å². The number of carbonyl (C=O) groups excluding carboxylic acids is 1. The van der Waals surface area contributed by atoms with Crippen molar-refractivity contribution in [3.63, 3.8) is 0 Å². The third-order valence-corrected chi connectivity index (χ3v) is 4.19. The van der Waals surface area contributed by atoms with Gasteiger partial charge in [-0.15, -0.1) is 0 Å². The summed E-state index contributed by atoms with van der Waals surface area (Å²) in [7, 11) is 0. The van der Waals surface area contributed by atoms with Gasteiger partial charge in [-0.25, -0.2) is 5.43 Å². The van der Waals surface area contributed by atoms with Crippen LogP contribution in [-0.4, -0.2) is 17.0 Å². The Labute approximate surface area is 171 Å². The zero-order valence-corrected chi connectivity index (χ0v) is 15.9. The molecule has 0 aliphatic rings. The highest BCUT2D eigenvalue weighted by Gasteiger charge is 2.13. The number of carbonyl (C=O) groups is 1. The topological polar surface area (TPSA) is 93.8 Å². The lowest BCUT2D eigenvalue weighted by molar-refractivity contribution is -0.385. The fourth-order valence-electron chi connectivity index (χ4n) is 2.51. The van der Waals surface area contributed by atoms with E-state index in [1.165, 1.54) is 18.3 Å². The number of para-hydroxylation sites is 2. The predicted octanol–water partition coefficient (Wildman–Crippen LogP) is 4.59. The van der Waals surface area contributed by atoms with Gasteiger partial charge in [0.15, 0.2) is 0 Å². The highest BCUT2D eigenvalue weighted by atomic mass is 35.5. The largest absolute Gasteiger partial charge is 0.488 e. The van der Waals surface area contributed by atoms with E-state index in [1.54, 1.807) is 48.5 Å². The number of hydrogen-bond acceptors (Lipinski definition) is 5. The maximum atomic E-state index is 12.5. The van der Waals surface area contributed by atoms with Gasteiger partial charge in [-0.2, -0.15) is 5.10 Å². The molecule has 0 bridgehead atoms. The molecule has 3 aromatic rings. The number of benzene rings is 3. The van der Waals surface area contributed by atoms with Crippen molar-refractivity contribution in [1.82, 2.24) is 5.43 Å². The van der Waals surface area contributed by atoms with E-state index in [4.69, 9.17) is 16.3 Å². The molecule has 0 spiro atoms. The minimum absolute atomic E-state index is 0.0998. The molecule has 1 N–H and O–H groups in total. The SMILES string of the molecule is O=C(N/N=C\c1ccccc1[N+](=O)[O-])c1ccccc1OCc1ccc(Cl)cc1. The number of ether oxygens (including phenoxy) is 1. The van der Waals surface area contributed by atoms with Crippen molar-refractivity contribution in [1.29, 1.82) is 0 Å². The van der Waals surface area contributed by atoms with Gasteiger partial charge in [0.1, 0.15) is 12.4 Å². The van der Waals surface area contributed by atoms with Crippen molar-refractivity contribution in [2.75, 3.05) is 0 Å². The van der Waals surface area contributed by atoms with Crippen LogP contribution in [0.15, 0.2) is 77.9 Å². The van der Waals surface area contributed by atoms with Crippen molar-refractivity contribution >= 4 is 29.4 Å². The normalized spacial score (nSPS) is 10.7. The maximum Gasteiger partial charge on any atom is 0.278 e. The number of nitrogens with one attached hydrogen (secondary N) is 1.